The molecule has 0 unspecified atom stereocenters. The first-order valence-electron chi connectivity index (χ1n) is 48.5. The van der Waals surface area contributed by atoms with Gasteiger partial charge in [0.05, 0.1) is 27.5 Å². The van der Waals surface area contributed by atoms with E-state index in [9.17, 15) is 0 Å². The Bertz CT molecular complexity index is 10200. The quantitative estimate of drug-likeness (QED) is 0.122. The third-order valence-electron chi connectivity index (χ3n) is 30.0. The Labute approximate surface area is 828 Å². The van der Waals surface area contributed by atoms with Crippen molar-refractivity contribution < 1.29 is 8.83 Å². The van der Waals surface area contributed by atoms with Crippen molar-refractivity contribution >= 4 is 216 Å². The molecule has 0 fully saturated rings. The van der Waals surface area contributed by atoms with Gasteiger partial charge in [-0.05, 0) is 248 Å². The van der Waals surface area contributed by atoms with Gasteiger partial charge in [-0.1, -0.05) is 315 Å². The summed E-state index contributed by atoms with van der Waals surface area (Å²) in [6.07, 6.45) is 0. The molecule has 0 atom stereocenters. The lowest BCUT2D eigenvalue weighted by Gasteiger charge is -2.32. The fraction of sp³-hybridized carbons (Fsp3) is 0.00752. The van der Waals surface area contributed by atoms with E-state index in [1.807, 2.05) is 46.1 Å². The van der Waals surface area contributed by atoms with E-state index < -0.39 is 5.41 Å². The minimum absolute atomic E-state index is 0.459. The second-order valence-corrected chi connectivity index (χ2v) is 40.7. The summed E-state index contributed by atoms with van der Waals surface area (Å²) in [4.78, 5) is 4.85. The minimum Gasteiger partial charge on any atom is -0.456 e. The third-order valence-corrected chi connectivity index (χ3v) is 33.6. The zero-order valence-electron chi connectivity index (χ0n) is 76.5. The highest BCUT2D eigenvalue weighted by Crippen LogP contribution is 2.64. The summed E-state index contributed by atoms with van der Waals surface area (Å²) in [6.45, 7) is 0. The molecule has 1 spiro atoms. The first-order chi connectivity index (χ1) is 70.4. The molecule has 0 saturated carbocycles. The molecule has 0 N–H and O–H groups in total. The molecule has 662 valence electrons. The standard InChI is InChI=1S/C73H44N2OS.C60H36N2OS2/c1-2-16-45(17-3-1)46-30-34-48(35-31-46)74(51-38-40-55-54-20-6-12-26-64(54)73(65(55)43-51)62-24-10-4-18-52(62)53-19-5-11-25-63(53)73)49-36-32-47(33-37-49)59-44-61-56-21-7-13-27-66(56)75(71(61)70-58-23-9-15-29-69(58)77-72(59)70)50-39-41-68-60(42-50)57-22-8-14-28-67(57)76-68;1-2-12-37(13-3-1)38-22-26-40(27-23-38)61(42-31-33-57-50(35-42)46-16-6-10-20-55(46)64-57)41-28-24-39(25-29-41)48-36-51-44-14-4-8-18-52(44)62(59(51)58-47-17-7-11-21-56(47)65-60(48)58)43-30-32-54-49(34-43)45-15-5-9-19-53(45)63-54/h1-44H;1-36H. The monoisotopic (exact) mass is 1860 g/mol. The van der Waals surface area contributed by atoms with E-state index in [4.69, 9.17) is 8.83 Å². The Morgan fingerprint density at radius 2 is 0.521 bits per heavy atom. The molecule has 6 nitrogen and oxygen atoms in total. The maximum Gasteiger partial charge on any atom is 0.135 e. The van der Waals surface area contributed by atoms with Gasteiger partial charge in [0, 0.05) is 160 Å². The van der Waals surface area contributed by atoms with Crippen LogP contribution in [0, 0.1) is 0 Å². The highest BCUT2D eigenvalue weighted by Gasteiger charge is 2.52. The van der Waals surface area contributed by atoms with Gasteiger partial charge in [0.2, 0.25) is 0 Å². The van der Waals surface area contributed by atoms with E-state index in [1.165, 1.54) is 193 Å². The summed E-state index contributed by atoms with van der Waals surface area (Å²) in [5.74, 6) is 0. The fourth-order valence-electron chi connectivity index (χ4n) is 23.8. The van der Waals surface area contributed by atoms with E-state index in [2.05, 4.69) is 492 Å². The molecule has 0 aliphatic heterocycles. The van der Waals surface area contributed by atoms with Crippen LogP contribution in [-0.4, -0.2) is 9.13 Å². The summed E-state index contributed by atoms with van der Waals surface area (Å²) in [7, 11) is 0. The molecule has 142 heavy (non-hydrogen) atoms. The van der Waals surface area contributed by atoms with Gasteiger partial charge in [-0.3, -0.25) is 0 Å². The molecule has 22 aromatic carbocycles. The largest absolute Gasteiger partial charge is 0.456 e. The zero-order valence-corrected chi connectivity index (χ0v) is 79.0. The first kappa shape index (κ1) is 80.4. The van der Waals surface area contributed by atoms with Crippen molar-refractivity contribution in [1.82, 2.24) is 9.13 Å². The maximum absolute atomic E-state index is 6.34. The summed E-state index contributed by atoms with van der Waals surface area (Å²) in [5, 5.41) is 17.1. The van der Waals surface area contributed by atoms with Crippen LogP contribution in [0.4, 0.5) is 34.1 Å². The Kier molecular flexibility index (Phi) is 17.9. The van der Waals surface area contributed by atoms with Crippen molar-refractivity contribution in [3.8, 4) is 78.1 Å². The summed E-state index contributed by atoms with van der Waals surface area (Å²) in [6, 6.07) is 179. The number of rotatable bonds is 12. The number of nitrogens with zero attached hydrogens (tertiary/aromatic N) is 4. The van der Waals surface area contributed by atoms with Gasteiger partial charge in [0.25, 0.3) is 0 Å². The Hall–Kier alpha value is -17.7. The van der Waals surface area contributed by atoms with Crippen LogP contribution in [0.2, 0.25) is 0 Å². The number of furan rings is 2. The van der Waals surface area contributed by atoms with E-state index in [1.54, 1.807) is 0 Å². The third kappa shape index (κ3) is 12.2. The lowest BCUT2D eigenvalue weighted by atomic mass is 9.70. The summed E-state index contributed by atoms with van der Waals surface area (Å²) < 4.78 is 25.3. The Morgan fingerprint density at radius 1 is 0.190 bits per heavy atom. The fourth-order valence-corrected chi connectivity index (χ4v) is 27.3. The SMILES string of the molecule is c1ccc(-c2ccc(N(c3ccc(-c4cc5c6ccccc6n(-c6ccc7oc8ccccc8c7c6)c5c5c4sc4ccccc45)cc3)c3ccc4c(c3)C3(c5ccccc5-c5ccccc53)c3ccccc3-4)cc2)cc1.c1ccc(-c2ccc(N(c3ccc(-c4cc5c6ccccc6n(-c6ccc7oc8ccccc8c7c6)c5c5c4sc4ccccc45)cc3)c3ccc4sc5ccccc5c4c3)cc2)cc1. The molecular weight excluding hydrogens is 1780 g/mol. The number of fused-ring (bicyclic) bond motifs is 33. The highest BCUT2D eigenvalue weighted by molar-refractivity contribution is 7.27. The molecule has 0 radical (unpaired) electrons. The van der Waals surface area contributed by atoms with Crippen molar-refractivity contribution in [2.24, 2.45) is 0 Å². The lowest BCUT2D eigenvalue weighted by molar-refractivity contribution is 0.668. The molecule has 31 rings (SSSR count). The molecule has 0 saturated heterocycles. The minimum atomic E-state index is -0.459. The normalized spacial score (nSPS) is 12.6. The van der Waals surface area contributed by atoms with Crippen molar-refractivity contribution in [2.45, 2.75) is 5.41 Å². The average molecular weight is 1860 g/mol. The molecule has 0 bridgehead atoms. The number of benzene rings is 22. The molecule has 9 heteroatoms. The van der Waals surface area contributed by atoms with Gasteiger partial charge in [0.1, 0.15) is 22.3 Å². The van der Waals surface area contributed by atoms with Crippen molar-refractivity contribution in [2.75, 3.05) is 9.80 Å². The number of anilines is 6. The smallest absolute Gasteiger partial charge is 0.135 e. The number of thiophene rings is 3. The first-order valence-corrected chi connectivity index (χ1v) is 50.9. The molecule has 7 heterocycles. The van der Waals surface area contributed by atoms with Crippen LogP contribution in [-0.2, 0) is 5.41 Å². The molecule has 2 aliphatic rings. The molecule has 29 aromatic rings. The van der Waals surface area contributed by atoms with Crippen LogP contribution in [0.5, 0.6) is 0 Å². The Balaban J connectivity index is 0.000000135. The maximum atomic E-state index is 6.34. The zero-order chi connectivity index (χ0) is 92.9. The second kappa shape index (κ2) is 31.7. The van der Waals surface area contributed by atoms with Gasteiger partial charge in [0.15, 0.2) is 0 Å². The predicted molar refractivity (Wildman–Crippen MR) is 602 cm³/mol. The summed E-state index contributed by atoms with van der Waals surface area (Å²) >= 11 is 5.63. The van der Waals surface area contributed by atoms with Crippen molar-refractivity contribution in [3.05, 3.63) is 508 Å². The van der Waals surface area contributed by atoms with Gasteiger partial charge in [-0.2, -0.15) is 0 Å². The van der Waals surface area contributed by atoms with Crippen LogP contribution < -0.4 is 9.80 Å². The molecular formula is C133H80N4O2S3. The van der Waals surface area contributed by atoms with Gasteiger partial charge >= 0.3 is 0 Å². The number of hydrogen-bond acceptors (Lipinski definition) is 7. The lowest BCUT2D eigenvalue weighted by Crippen LogP contribution is -2.26. The van der Waals surface area contributed by atoms with Crippen molar-refractivity contribution in [1.29, 1.82) is 0 Å². The average Bonchev–Trinajstić information content (AvgIpc) is 1.50. The number of para-hydroxylation sites is 4. The number of aromatic nitrogens is 2. The van der Waals surface area contributed by atoms with Crippen LogP contribution in [0.15, 0.2) is 494 Å². The van der Waals surface area contributed by atoms with Crippen LogP contribution in [0.3, 0.4) is 0 Å². The topological polar surface area (TPSA) is 42.6 Å². The van der Waals surface area contributed by atoms with E-state index in [-0.39, 0.29) is 0 Å². The van der Waals surface area contributed by atoms with E-state index >= 15 is 0 Å². The number of hydrogen-bond donors (Lipinski definition) is 0. The second-order valence-electron chi connectivity index (χ2n) is 37.5. The van der Waals surface area contributed by atoms with Crippen LogP contribution in [0.1, 0.15) is 22.3 Å². The predicted octanol–water partition coefficient (Wildman–Crippen LogP) is 38.4. The van der Waals surface area contributed by atoms with Crippen LogP contribution in [0.25, 0.3) is 226 Å². The van der Waals surface area contributed by atoms with Gasteiger partial charge in [-0.15, -0.1) is 34.0 Å². The Morgan fingerprint density at radius 3 is 0.979 bits per heavy atom. The highest BCUT2D eigenvalue weighted by atomic mass is 32.1. The molecule has 2 aliphatic carbocycles. The van der Waals surface area contributed by atoms with Gasteiger partial charge < -0.3 is 27.8 Å². The molecule has 0 amide bonds. The van der Waals surface area contributed by atoms with E-state index in [0.29, 0.717) is 0 Å². The summed E-state index contributed by atoms with van der Waals surface area (Å²) in [5.41, 5.74) is 37.0. The molecule has 7 aromatic heterocycles. The van der Waals surface area contributed by atoms with Crippen molar-refractivity contribution in [3.63, 3.8) is 0 Å². The van der Waals surface area contributed by atoms with Gasteiger partial charge in [-0.25, -0.2) is 0 Å². The van der Waals surface area contributed by atoms with Crippen LogP contribution >= 0.6 is 34.0 Å². The van der Waals surface area contributed by atoms with E-state index in [0.717, 1.165) is 89.4 Å².